The maximum absolute atomic E-state index is 14.4. The molecule has 2 heterocycles. The van der Waals surface area contributed by atoms with Crippen LogP contribution >= 0.6 is 0 Å². The van der Waals surface area contributed by atoms with Gasteiger partial charge in [-0.3, -0.25) is 0 Å². The second kappa shape index (κ2) is 11.3. The lowest BCUT2D eigenvalue weighted by Gasteiger charge is -2.07. The minimum absolute atomic E-state index is 0.0526. The topological polar surface area (TPSA) is 62.0 Å². The smallest absolute Gasteiger partial charge is 0.189 e. The Labute approximate surface area is 203 Å². The van der Waals surface area contributed by atoms with Crippen molar-refractivity contribution in [2.75, 3.05) is 40.0 Å². The molecule has 0 amide bonds. The van der Waals surface area contributed by atoms with E-state index in [2.05, 4.69) is 11.8 Å². The minimum Gasteiger partial charge on any atom is -0.468 e. The number of halogens is 1. The van der Waals surface area contributed by atoms with Crippen molar-refractivity contribution < 1.29 is 32.8 Å². The Morgan fingerprint density at radius 3 is 1.83 bits per heavy atom. The molecule has 6 nitrogen and oxygen atoms in total. The lowest BCUT2D eigenvalue weighted by Crippen LogP contribution is -2.07. The molecule has 3 aromatic carbocycles. The summed E-state index contributed by atoms with van der Waals surface area (Å²) in [5.41, 5.74) is 3.20. The number of ether oxygens (including phenoxy) is 6. The van der Waals surface area contributed by atoms with Crippen LogP contribution in [0.5, 0.6) is 11.5 Å². The Morgan fingerprint density at radius 2 is 1.26 bits per heavy atom. The van der Waals surface area contributed by atoms with Crippen molar-refractivity contribution in [3.8, 4) is 34.5 Å². The summed E-state index contributed by atoms with van der Waals surface area (Å²) in [7, 11) is 0. The molecule has 2 aliphatic heterocycles. The van der Waals surface area contributed by atoms with Crippen LogP contribution < -0.4 is 9.47 Å². The van der Waals surface area contributed by atoms with Crippen LogP contribution in [0.25, 0.3) is 11.1 Å². The number of hydrogen-bond acceptors (Lipinski definition) is 6. The van der Waals surface area contributed by atoms with Crippen molar-refractivity contribution in [3.63, 3.8) is 0 Å². The van der Waals surface area contributed by atoms with Gasteiger partial charge in [-0.2, -0.15) is 0 Å². The molecular weight excluding hydrogens is 451 g/mol. The van der Waals surface area contributed by atoms with Crippen LogP contribution in [0.4, 0.5) is 4.39 Å². The summed E-state index contributed by atoms with van der Waals surface area (Å²) < 4.78 is 46.2. The molecule has 0 bridgehead atoms. The van der Waals surface area contributed by atoms with Crippen LogP contribution in [0.3, 0.4) is 0 Å². The van der Waals surface area contributed by atoms with Gasteiger partial charge in [0.25, 0.3) is 0 Å². The summed E-state index contributed by atoms with van der Waals surface area (Å²) >= 11 is 0. The van der Waals surface area contributed by atoms with Crippen LogP contribution in [0.1, 0.15) is 11.1 Å². The van der Waals surface area contributed by atoms with Gasteiger partial charge in [0.15, 0.2) is 13.6 Å². The highest BCUT2D eigenvalue weighted by Gasteiger charge is 2.22. The second-order valence-electron chi connectivity index (χ2n) is 8.17. The van der Waals surface area contributed by atoms with Gasteiger partial charge in [0.1, 0.15) is 29.5 Å². The minimum atomic E-state index is -0.439. The first kappa shape index (κ1) is 23.3. The fourth-order valence-corrected chi connectivity index (χ4v) is 3.22. The second-order valence-corrected chi connectivity index (χ2v) is 8.17. The van der Waals surface area contributed by atoms with Crippen molar-refractivity contribution in [1.82, 2.24) is 0 Å². The van der Waals surface area contributed by atoms with Gasteiger partial charge in [-0.1, -0.05) is 36.1 Å². The Kier molecular flexibility index (Phi) is 7.56. The number of epoxide rings is 2. The standard InChI is InChI=1S/C28H25FO6/c29-28-13-25(35-19-31-15-27-17-33-27)12-9-23(28)6-3-20-1-4-21(5-2-20)22-7-10-24(11-8-22)34-18-30-14-26-16-32-26/h1-2,4-5,7-13,26-27H,14-19H2. The predicted molar refractivity (Wildman–Crippen MR) is 127 cm³/mol. The van der Waals surface area contributed by atoms with Crippen LogP contribution in [0, 0.1) is 17.7 Å². The highest BCUT2D eigenvalue weighted by Crippen LogP contribution is 2.23. The molecule has 0 radical (unpaired) electrons. The first-order valence-electron chi connectivity index (χ1n) is 11.4. The molecule has 180 valence electrons. The zero-order valence-corrected chi connectivity index (χ0v) is 19.1. The van der Waals surface area contributed by atoms with E-state index >= 15 is 0 Å². The molecule has 2 fully saturated rings. The lowest BCUT2D eigenvalue weighted by atomic mass is 10.0. The van der Waals surface area contributed by atoms with E-state index in [1.165, 1.54) is 6.07 Å². The first-order chi connectivity index (χ1) is 17.2. The molecular formula is C28H25FO6. The van der Waals surface area contributed by atoms with Gasteiger partial charge >= 0.3 is 0 Å². The van der Waals surface area contributed by atoms with Crippen molar-refractivity contribution in [3.05, 3.63) is 83.7 Å². The number of rotatable bonds is 11. The number of benzene rings is 3. The fraction of sp³-hybridized carbons (Fsp3) is 0.286. The fourth-order valence-electron chi connectivity index (χ4n) is 3.22. The molecule has 0 spiro atoms. The van der Waals surface area contributed by atoms with Gasteiger partial charge in [-0.25, -0.2) is 4.39 Å². The lowest BCUT2D eigenvalue weighted by molar-refractivity contribution is 0.00800. The molecule has 2 aliphatic rings. The Hall–Kier alpha value is -3.41. The summed E-state index contributed by atoms with van der Waals surface area (Å²) in [6.45, 7) is 2.79. The molecule has 2 saturated heterocycles. The third-order valence-corrected chi connectivity index (χ3v) is 5.38. The highest BCUT2D eigenvalue weighted by molar-refractivity contribution is 5.65. The molecule has 3 aromatic rings. The molecule has 0 aromatic heterocycles. The van der Waals surface area contributed by atoms with Crippen LogP contribution in [-0.2, 0) is 18.9 Å². The Morgan fingerprint density at radius 1 is 0.714 bits per heavy atom. The molecule has 0 N–H and O–H groups in total. The summed E-state index contributed by atoms with van der Waals surface area (Å²) in [6.07, 6.45) is 0.395. The molecule has 0 saturated carbocycles. The van der Waals surface area contributed by atoms with E-state index in [0.29, 0.717) is 24.5 Å². The van der Waals surface area contributed by atoms with Gasteiger partial charge in [0, 0.05) is 11.6 Å². The maximum Gasteiger partial charge on any atom is 0.189 e. The van der Waals surface area contributed by atoms with Crippen molar-refractivity contribution in [2.24, 2.45) is 0 Å². The van der Waals surface area contributed by atoms with Crippen LogP contribution in [0.15, 0.2) is 66.7 Å². The van der Waals surface area contributed by atoms with E-state index in [-0.39, 0.29) is 25.8 Å². The quantitative estimate of drug-likeness (QED) is 0.177. The van der Waals surface area contributed by atoms with E-state index in [9.17, 15) is 4.39 Å². The van der Waals surface area contributed by atoms with E-state index in [0.717, 1.165) is 35.7 Å². The van der Waals surface area contributed by atoms with Crippen molar-refractivity contribution >= 4 is 0 Å². The molecule has 35 heavy (non-hydrogen) atoms. The van der Waals surface area contributed by atoms with Crippen LogP contribution in [-0.4, -0.2) is 52.2 Å². The predicted octanol–water partition coefficient (Wildman–Crippen LogP) is 4.40. The van der Waals surface area contributed by atoms with E-state index in [1.54, 1.807) is 12.1 Å². The highest BCUT2D eigenvalue weighted by atomic mass is 19.1. The largest absolute Gasteiger partial charge is 0.468 e. The van der Waals surface area contributed by atoms with E-state index in [1.807, 2.05) is 48.5 Å². The van der Waals surface area contributed by atoms with Gasteiger partial charge in [-0.15, -0.1) is 0 Å². The SMILES string of the molecule is Fc1cc(OCOCC2CO2)ccc1C#Cc1ccc(-c2ccc(OCOCC3CO3)cc2)cc1. The van der Waals surface area contributed by atoms with E-state index < -0.39 is 5.82 Å². The zero-order chi connectivity index (χ0) is 23.9. The number of hydrogen-bond donors (Lipinski definition) is 0. The third-order valence-electron chi connectivity index (χ3n) is 5.38. The van der Waals surface area contributed by atoms with Crippen LogP contribution in [0.2, 0.25) is 0 Å². The zero-order valence-electron chi connectivity index (χ0n) is 19.1. The summed E-state index contributed by atoms with van der Waals surface area (Å²) in [6, 6.07) is 20.2. The summed E-state index contributed by atoms with van der Waals surface area (Å²) in [5, 5.41) is 0. The molecule has 0 aliphatic carbocycles. The average molecular weight is 477 g/mol. The van der Waals surface area contributed by atoms with E-state index in [4.69, 9.17) is 28.4 Å². The van der Waals surface area contributed by atoms with Gasteiger partial charge < -0.3 is 28.4 Å². The van der Waals surface area contributed by atoms with Gasteiger partial charge in [0.2, 0.25) is 0 Å². The van der Waals surface area contributed by atoms with Crippen molar-refractivity contribution in [1.29, 1.82) is 0 Å². The molecule has 2 atom stereocenters. The summed E-state index contributed by atoms with van der Waals surface area (Å²) in [4.78, 5) is 0. The first-order valence-corrected chi connectivity index (χ1v) is 11.4. The maximum atomic E-state index is 14.4. The third kappa shape index (κ3) is 7.28. The molecule has 2 unspecified atom stereocenters. The van der Waals surface area contributed by atoms with Gasteiger partial charge in [0.05, 0.1) is 32.0 Å². The average Bonchev–Trinajstić information content (AvgIpc) is 3.81. The van der Waals surface area contributed by atoms with Crippen molar-refractivity contribution in [2.45, 2.75) is 12.2 Å². The molecule has 5 rings (SSSR count). The Balaban J connectivity index is 1.12. The Bertz CT molecular complexity index is 1170. The molecule has 7 heteroatoms. The van der Waals surface area contributed by atoms with Gasteiger partial charge in [-0.05, 0) is 47.5 Å². The summed E-state index contributed by atoms with van der Waals surface area (Å²) in [5.74, 6) is 6.59. The normalized spacial score (nSPS) is 17.9. The monoisotopic (exact) mass is 476 g/mol.